The van der Waals surface area contributed by atoms with E-state index < -0.39 is 18.6 Å². The fraction of sp³-hybridized carbons (Fsp3) is 0.533. The molecule has 1 fully saturated rings. The molecule has 9 heteroatoms. The van der Waals surface area contributed by atoms with Crippen molar-refractivity contribution >= 4 is 17.1 Å². The smallest absolute Gasteiger partial charge is 0.349 e. The number of nitrogens with zero attached hydrogens (tertiary/aromatic N) is 3. The first-order chi connectivity index (χ1) is 11.4. The molecule has 3 rings (SSSR count). The Bertz CT molecular complexity index is 681. The summed E-state index contributed by atoms with van der Waals surface area (Å²) in [7, 11) is 0. The maximum atomic E-state index is 12.5. The van der Waals surface area contributed by atoms with E-state index >= 15 is 0 Å². The number of hydrogen-bond donors (Lipinski definition) is 2. The van der Waals surface area contributed by atoms with Crippen LogP contribution in [0.25, 0.3) is 11.2 Å². The van der Waals surface area contributed by atoms with Crippen LogP contribution in [0.15, 0.2) is 18.3 Å². The Labute approximate surface area is 136 Å². The Kier molecular flexibility index (Phi) is 4.70. The molecule has 1 saturated heterocycles. The number of amides is 1. The van der Waals surface area contributed by atoms with Crippen LogP contribution in [0.2, 0.25) is 0 Å². The molecule has 1 unspecified atom stereocenters. The van der Waals surface area contributed by atoms with E-state index in [1.165, 1.54) is 4.90 Å². The van der Waals surface area contributed by atoms with E-state index in [-0.39, 0.29) is 19.0 Å². The van der Waals surface area contributed by atoms with E-state index in [0.717, 1.165) is 5.52 Å². The number of alkyl halides is 3. The van der Waals surface area contributed by atoms with Gasteiger partial charge in [0, 0.05) is 12.7 Å². The molecule has 6 nitrogen and oxygen atoms in total. The minimum absolute atomic E-state index is 0.132. The molecule has 0 spiro atoms. The maximum Gasteiger partial charge on any atom is 0.401 e. The van der Waals surface area contributed by atoms with Crippen molar-refractivity contribution in [3.63, 3.8) is 0 Å². The summed E-state index contributed by atoms with van der Waals surface area (Å²) in [5.74, 6) is -0.0982. The number of halogens is 3. The van der Waals surface area contributed by atoms with Crippen LogP contribution in [-0.4, -0.2) is 51.6 Å². The lowest BCUT2D eigenvalue weighted by Crippen LogP contribution is -2.46. The van der Waals surface area contributed by atoms with Crippen LogP contribution in [-0.2, 0) is 11.3 Å². The predicted octanol–water partition coefficient (Wildman–Crippen LogP) is 1.85. The molecular formula is C15H18F3N5O. The molecule has 2 aromatic rings. The molecule has 2 aromatic heterocycles. The summed E-state index contributed by atoms with van der Waals surface area (Å²) in [5, 5.41) is 2.74. The Balaban J connectivity index is 1.54. The minimum atomic E-state index is -4.24. The minimum Gasteiger partial charge on any atom is -0.349 e. The molecule has 1 aliphatic heterocycles. The lowest BCUT2D eigenvalue weighted by Gasteiger charge is -2.32. The summed E-state index contributed by atoms with van der Waals surface area (Å²) in [6.07, 6.45) is -1.42. The Morgan fingerprint density at radius 3 is 3.04 bits per heavy atom. The first kappa shape index (κ1) is 16.7. The molecule has 0 radical (unpaired) electrons. The van der Waals surface area contributed by atoms with Crippen molar-refractivity contribution < 1.29 is 18.0 Å². The molecule has 0 saturated carbocycles. The van der Waals surface area contributed by atoms with Crippen LogP contribution < -0.4 is 5.32 Å². The zero-order valence-electron chi connectivity index (χ0n) is 12.9. The van der Waals surface area contributed by atoms with Gasteiger partial charge in [-0.15, -0.1) is 0 Å². The second-order valence-corrected chi connectivity index (χ2v) is 5.97. The van der Waals surface area contributed by atoms with Crippen molar-refractivity contribution in [2.24, 2.45) is 5.92 Å². The Morgan fingerprint density at radius 1 is 1.46 bits per heavy atom. The van der Waals surface area contributed by atoms with E-state index in [1.807, 2.05) is 6.07 Å². The number of pyridine rings is 1. The zero-order chi connectivity index (χ0) is 17.2. The van der Waals surface area contributed by atoms with Gasteiger partial charge in [-0.25, -0.2) is 9.97 Å². The molecule has 130 valence electrons. The summed E-state index contributed by atoms with van der Waals surface area (Å²) in [4.78, 5) is 24.9. The van der Waals surface area contributed by atoms with Crippen LogP contribution in [0.1, 0.15) is 18.7 Å². The van der Waals surface area contributed by atoms with E-state index in [1.54, 1.807) is 12.3 Å². The quantitative estimate of drug-likeness (QED) is 0.890. The lowest BCUT2D eigenvalue weighted by atomic mass is 9.97. The molecular weight excluding hydrogens is 323 g/mol. The van der Waals surface area contributed by atoms with Gasteiger partial charge in [0.1, 0.15) is 5.82 Å². The number of hydrogen-bond acceptors (Lipinski definition) is 4. The summed E-state index contributed by atoms with van der Waals surface area (Å²) in [6.45, 7) is -0.261. The maximum absolute atomic E-state index is 12.5. The van der Waals surface area contributed by atoms with Gasteiger partial charge in [-0.3, -0.25) is 9.69 Å². The number of H-pyrrole nitrogens is 1. The van der Waals surface area contributed by atoms with Gasteiger partial charge in [0.05, 0.1) is 24.5 Å². The van der Waals surface area contributed by atoms with Gasteiger partial charge in [-0.2, -0.15) is 13.2 Å². The third kappa shape index (κ3) is 4.22. The molecule has 0 aliphatic carbocycles. The number of rotatable bonds is 4. The van der Waals surface area contributed by atoms with Gasteiger partial charge in [0.25, 0.3) is 0 Å². The third-order valence-electron chi connectivity index (χ3n) is 4.02. The van der Waals surface area contributed by atoms with E-state index in [0.29, 0.717) is 30.9 Å². The van der Waals surface area contributed by atoms with Crippen molar-refractivity contribution in [2.45, 2.75) is 25.6 Å². The number of nitrogens with one attached hydrogen (secondary N) is 2. The largest absolute Gasteiger partial charge is 0.401 e. The SMILES string of the molecule is O=C(NCc1nc2ncccc2[nH]1)C1CCCN(CC(F)(F)F)C1. The second kappa shape index (κ2) is 6.76. The van der Waals surface area contributed by atoms with Crippen molar-refractivity contribution in [1.29, 1.82) is 0 Å². The molecule has 1 aliphatic rings. The first-order valence-electron chi connectivity index (χ1n) is 7.77. The van der Waals surface area contributed by atoms with Crippen LogP contribution in [0.5, 0.6) is 0 Å². The number of fused-ring (bicyclic) bond motifs is 1. The number of imidazole rings is 1. The fourth-order valence-corrected chi connectivity index (χ4v) is 2.96. The highest BCUT2D eigenvalue weighted by Gasteiger charge is 2.34. The van der Waals surface area contributed by atoms with Gasteiger partial charge in [-0.1, -0.05) is 0 Å². The number of aromatic amines is 1. The number of aromatic nitrogens is 3. The lowest BCUT2D eigenvalue weighted by molar-refractivity contribution is -0.152. The van der Waals surface area contributed by atoms with Crippen LogP contribution in [0, 0.1) is 5.92 Å². The van der Waals surface area contributed by atoms with E-state index in [9.17, 15) is 18.0 Å². The average molecular weight is 341 g/mol. The number of carbonyl (C=O) groups excluding carboxylic acids is 1. The molecule has 0 bridgehead atoms. The monoisotopic (exact) mass is 341 g/mol. The third-order valence-corrected chi connectivity index (χ3v) is 4.02. The highest BCUT2D eigenvalue weighted by molar-refractivity contribution is 5.79. The number of likely N-dealkylation sites (tertiary alicyclic amines) is 1. The first-order valence-corrected chi connectivity index (χ1v) is 7.77. The van der Waals surface area contributed by atoms with Gasteiger partial charge in [0.15, 0.2) is 5.65 Å². The topological polar surface area (TPSA) is 73.9 Å². The zero-order valence-corrected chi connectivity index (χ0v) is 12.9. The van der Waals surface area contributed by atoms with Crippen LogP contribution in [0.4, 0.5) is 13.2 Å². The van der Waals surface area contributed by atoms with Gasteiger partial charge in [0.2, 0.25) is 5.91 Å². The Hall–Kier alpha value is -2.16. The average Bonchev–Trinajstić information content (AvgIpc) is 2.94. The van der Waals surface area contributed by atoms with Gasteiger partial charge >= 0.3 is 6.18 Å². The molecule has 1 amide bonds. The summed E-state index contributed by atoms with van der Waals surface area (Å²) in [6, 6.07) is 3.61. The predicted molar refractivity (Wildman–Crippen MR) is 81.0 cm³/mol. The van der Waals surface area contributed by atoms with E-state index in [2.05, 4.69) is 20.3 Å². The van der Waals surface area contributed by atoms with Crippen LogP contribution in [0.3, 0.4) is 0 Å². The Morgan fingerprint density at radius 2 is 2.29 bits per heavy atom. The second-order valence-electron chi connectivity index (χ2n) is 5.97. The van der Waals surface area contributed by atoms with Crippen molar-refractivity contribution in [3.05, 3.63) is 24.2 Å². The van der Waals surface area contributed by atoms with E-state index in [4.69, 9.17) is 0 Å². The van der Waals surface area contributed by atoms with Crippen molar-refractivity contribution in [3.8, 4) is 0 Å². The standard InChI is InChI=1S/C15H18F3N5O/c16-15(17,18)9-23-6-2-3-10(8-23)14(24)20-7-12-21-11-4-1-5-19-13(11)22-12/h1,4-5,10H,2-3,6-9H2,(H,20,24)(H,19,21,22). The molecule has 2 N–H and O–H groups in total. The highest BCUT2D eigenvalue weighted by Crippen LogP contribution is 2.22. The summed E-state index contributed by atoms with van der Waals surface area (Å²) >= 11 is 0. The molecule has 1 atom stereocenters. The molecule has 24 heavy (non-hydrogen) atoms. The van der Waals surface area contributed by atoms with Gasteiger partial charge < -0.3 is 10.3 Å². The van der Waals surface area contributed by atoms with Crippen molar-refractivity contribution in [1.82, 2.24) is 25.2 Å². The summed E-state index contributed by atoms with van der Waals surface area (Å²) < 4.78 is 37.4. The highest BCUT2D eigenvalue weighted by atomic mass is 19.4. The van der Waals surface area contributed by atoms with Gasteiger partial charge in [-0.05, 0) is 31.5 Å². The van der Waals surface area contributed by atoms with Crippen molar-refractivity contribution in [2.75, 3.05) is 19.6 Å². The molecule has 3 heterocycles. The normalized spacial score (nSPS) is 19.5. The summed E-state index contributed by atoms with van der Waals surface area (Å²) in [5.41, 5.74) is 1.34. The number of piperidine rings is 1. The molecule has 0 aromatic carbocycles. The van der Waals surface area contributed by atoms with Crippen LogP contribution >= 0.6 is 0 Å². The number of carbonyl (C=O) groups is 1. The fourth-order valence-electron chi connectivity index (χ4n) is 2.96.